The van der Waals surface area contributed by atoms with Crippen LogP contribution >= 0.6 is 11.8 Å². The fourth-order valence-electron chi connectivity index (χ4n) is 1.61. The van der Waals surface area contributed by atoms with Gasteiger partial charge in [0.15, 0.2) is 0 Å². The number of hydrogen-bond acceptors (Lipinski definition) is 2. The molecule has 64 valence electrons. The van der Waals surface area contributed by atoms with Crippen LogP contribution in [0.4, 0.5) is 0 Å². The number of hydrogen-bond donors (Lipinski definition) is 0. The van der Waals surface area contributed by atoms with Crippen molar-refractivity contribution in [3.05, 3.63) is 0 Å². The van der Waals surface area contributed by atoms with E-state index in [9.17, 15) is 4.21 Å². The van der Waals surface area contributed by atoms with Gasteiger partial charge in [-0.05, 0) is 19.1 Å². The molecule has 0 heterocycles. The lowest BCUT2D eigenvalue weighted by molar-refractivity contribution is 0.446. The van der Waals surface area contributed by atoms with E-state index in [1.807, 2.05) is 6.26 Å². The Bertz CT molecular complexity index is 167. The summed E-state index contributed by atoms with van der Waals surface area (Å²) in [6, 6.07) is 0. The molecular weight excluding hydrogens is 176 g/mol. The van der Waals surface area contributed by atoms with E-state index in [2.05, 4.69) is 0 Å². The van der Waals surface area contributed by atoms with Gasteiger partial charge in [-0.1, -0.05) is 19.3 Å². The van der Waals surface area contributed by atoms with E-state index in [1.165, 1.54) is 32.1 Å². The minimum atomic E-state index is 0.612. The second-order valence-electron chi connectivity index (χ2n) is 2.94. The summed E-state index contributed by atoms with van der Waals surface area (Å²) in [6.07, 6.45) is 8.48. The van der Waals surface area contributed by atoms with Gasteiger partial charge >= 0.3 is 0 Å². The summed E-state index contributed by atoms with van der Waals surface area (Å²) in [4.78, 5) is 0. The van der Waals surface area contributed by atoms with E-state index in [4.69, 9.17) is 0 Å². The Morgan fingerprint density at radius 2 is 1.91 bits per heavy atom. The zero-order valence-corrected chi connectivity index (χ0v) is 8.47. The molecule has 11 heavy (non-hydrogen) atoms. The molecule has 3 heteroatoms. The van der Waals surface area contributed by atoms with Gasteiger partial charge in [0.25, 0.3) is 0 Å². The van der Waals surface area contributed by atoms with Crippen molar-refractivity contribution < 1.29 is 4.21 Å². The number of thioether (sulfide) groups is 1. The molecule has 0 amide bonds. The summed E-state index contributed by atoms with van der Waals surface area (Å²) in [5, 5.41) is 0. The van der Waals surface area contributed by atoms with Crippen LogP contribution < -0.4 is 0 Å². The van der Waals surface area contributed by atoms with Crippen LogP contribution in [0, 0.1) is 5.92 Å². The van der Waals surface area contributed by atoms with Crippen LogP contribution in [0.2, 0.25) is 0 Å². The molecule has 0 spiro atoms. The predicted octanol–water partition coefficient (Wildman–Crippen LogP) is 2.27. The van der Waals surface area contributed by atoms with Gasteiger partial charge in [-0.2, -0.15) is 0 Å². The van der Waals surface area contributed by atoms with Gasteiger partial charge < -0.3 is 0 Å². The van der Waals surface area contributed by atoms with Gasteiger partial charge in [0.1, 0.15) is 0 Å². The molecule has 0 N–H and O–H groups in total. The molecule has 0 aromatic rings. The normalized spacial score (nSPS) is 19.7. The molecule has 0 radical (unpaired) electrons. The minimum Gasteiger partial charge on any atom is -0.212 e. The highest BCUT2D eigenvalue weighted by molar-refractivity contribution is 8.20. The fraction of sp³-hybridized carbons (Fsp3) is 0.875. The van der Waals surface area contributed by atoms with Gasteiger partial charge in [-0.15, -0.1) is 11.8 Å². The van der Waals surface area contributed by atoms with E-state index in [-0.39, 0.29) is 0 Å². The van der Waals surface area contributed by atoms with Crippen molar-refractivity contribution in [2.75, 3.05) is 6.26 Å². The third-order valence-corrected chi connectivity index (χ3v) is 4.16. The first-order valence-electron chi connectivity index (χ1n) is 4.09. The highest BCUT2D eigenvalue weighted by atomic mass is 32.2. The molecule has 0 aliphatic heterocycles. The summed E-state index contributed by atoms with van der Waals surface area (Å²) in [7, 11) is 0. The molecule has 0 saturated heterocycles. The molecule has 1 rings (SSSR count). The maximum atomic E-state index is 10.6. The smallest absolute Gasteiger partial charge is 0.0993 e. The van der Waals surface area contributed by atoms with E-state index >= 15 is 0 Å². The lowest BCUT2D eigenvalue weighted by Gasteiger charge is -2.20. The Morgan fingerprint density at radius 3 is 2.36 bits per heavy atom. The molecule has 1 aliphatic rings. The Labute approximate surface area is 76.0 Å². The van der Waals surface area contributed by atoms with Crippen molar-refractivity contribution >= 4 is 27.2 Å². The van der Waals surface area contributed by atoms with E-state index in [0.29, 0.717) is 17.2 Å². The largest absolute Gasteiger partial charge is 0.212 e. The van der Waals surface area contributed by atoms with Crippen LogP contribution in [-0.4, -0.2) is 14.7 Å². The zero-order valence-electron chi connectivity index (χ0n) is 6.84. The first-order valence-corrected chi connectivity index (χ1v) is 6.05. The molecule has 0 aromatic carbocycles. The summed E-state index contributed by atoms with van der Waals surface area (Å²) in [5.74, 6) is 0.612. The summed E-state index contributed by atoms with van der Waals surface area (Å²) < 4.78 is 11.7. The average molecular weight is 190 g/mol. The maximum absolute atomic E-state index is 10.6. The van der Waals surface area contributed by atoms with Gasteiger partial charge in [-0.25, -0.2) is 4.21 Å². The molecule has 0 atom stereocenters. The fourth-order valence-corrected chi connectivity index (χ4v) is 2.82. The lowest BCUT2D eigenvalue weighted by Crippen LogP contribution is -2.14. The van der Waals surface area contributed by atoms with Crippen LogP contribution in [0.25, 0.3) is 0 Å². The van der Waals surface area contributed by atoms with E-state index < -0.39 is 0 Å². The van der Waals surface area contributed by atoms with Crippen molar-refractivity contribution in [2.45, 2.75) is 32.1 Å². The van der Waals surface area contributed by atoms with E-state index in [1.54, 1.807) is 11.8 Å². The topological polar surface area (TPSA) is 17.1 Å². The van der Waals surface area contributed by atoms with E-state index in [0.717, 1.165) is 4.20 Å². The Hall–Kier alpha value is 0.240. The molecular formula is C8H14OS2. The van der Waals surface area contributed by atoms with Crippen molar-refractivity contribution in [1.29, 1.82) is 0 Å². The molecule has 0 unspecified atom stereocenters. The Morgan fingerprint density at radius 1 is 1.27 bits per heavy atom. The SMILES string of the molecule is CSC(=S=O)C1CCCCC1. The average Bonchev–Trinajstić information content (AvgIpc) is 2.09. The Kier molecular flexibility index (Phi) is 4.23. The lowest BCUT2D eigenvalue weighted by atomic mass is 9.91. The van der Waals surface area contributed by atoms with Crippen LogP contribution in [0.1, 0.15) is 32.1 Å². The van der Waals surface area contributed by atoms with Crippen LogP contribution in [0.3, 0.4) is 0 Å². The van der Waals surface area contributed by atoms with Crippen LogP contribution in [-0.2, 0) is 11.3 Å². The molecule has 0 bridgehead atoms. The molecule has 1 nitrogen and oxygen atoms in total. The van der Waals surface area contributed by atoms with Crippen molar-refractivity contribution in [2.24, 2.45) is 5.92 Å². The second kappa shape index (κ2) is 4.99. The Balaban J connectivity index is 2.50. The standard InChI is InChI=1S/C8H14OS2/c1-10-8(11-9)7-5-3-2-4-6-7/h7H,2-6H2,1H3. The van der Waals surface area contributed by atoms with Gasteiger partial charge in [0.2, 0.25) is 0 Å². The first kappa shape index (κ1) is 9.33. The highest BCUT2D eigenvalue weighted by Gasteiger charge is 2.17. The van der Waals surface area contributed by atoms with Gasteiger partial charge in [0.05, 0.1) is 15.5 Å². The second-order valence-corrected chi connectivity index (χ2v) is 4.65. The molecule has 1 fully saturated rings. The van der Waals surface area contributed by atoms with Crippen LogP contribution in [0.15, 0.2) is 0 Å². The number of rotatable bonds is 1. The van der Waals surface area contributed by atoms with Crippen molar-refractivity contribution in [3.8, 4) is 0 Å². The van der Waals surface area contributed by atoms with Crippen molar-refractivity contribution in [1.82, 2.24) is 0 Å². The highest BCUT2D eigenvalue weighted by Crippen LogP contribution is 2.27. The summed E-state index contributed by atoms with van der Waals surface area (Å²) in [6.45, 7) is 0. The van der Waals surface area contributed by atoms with Gasteiger partial charge in [-0.3, -0.25) is 0 Å². The minimum absolute atomic E-state index is 0.612. The summed E-state index contributed by atoms with van der Waals surface area (Å²) in [5.41, 5.74) is 0. The maximum Gasteiger partial charge on any atom is 0.0993 e. The first-order chi connectivity index (χ1) is 5.38. The van der Waals surface area contributed by atoms with Crippen LogP contribution in [0.5, 0.6) is 0 Å². The predicted molar refractivity (Wildman–Crippen MR) is 53.2 cm³/mol. The quantitative estimate of drug-likeness (QED) is 0.590. The summed E-state index contributed by atoms with van der Waals surface area (Å²) >= 11 is 2.35. The molecule has 0 aromatic heterocycles. The zero-order chi connectivity index (χ0) is 8.10. The third-order valence-electron chi connectivity index (χ3n) is 2.22. The monoisotopic (exact) mass is 190 g/mol. The molecule has 1 saturated carbocycles. The molecule has 1 aliphatic carbocycles. The van der Waals surface area contributed by atoms with Crippen molar-refractivity contribution in [3.63, 3.8) is 0 Å². The van der Waals surface area contributed by atoms with Gasteiger partial charge in [0, 0.05) is 5.92 Å². The third kappa shape index (κ3) is 2.64.